The second kappa shape index (κ2) is 7.37. The van der Waals surface area contributed by atoms with Crippen LogP contribution in [0.25, 0.3) is 0 Å². The molecule has 20 heavy (non-hydrogen) atoms. The van der Waals surface area contributed by atoms with Crippen LogP contribution in [0.1, 0.15) is 50.2 Å². The van der Waals surface area contributed by atoms with Gasteiger partial charge in [-0.2, -0.15) is 0 Å². The number of rotatable bonds is 5. The molecule has 1 fully saturated rings. The van der Waals surface area contributed by atoms with Crippen molar-refractivity contribution in [1.82, 2.24) is 5.32 Å². The van der Waals surface area contributed by atoms with Gasteiger partial charge in [-0.3, -0.25) is 4.21 Å². The molecule has 0 radical (unpaired) electrons. The zero-order valence-electron chi connectivity index (χ0n) is 12.9. The van der Waals surface area contributed by atoms with Crippen LogP contribution in [0, 0.1) is 13.8 Å². The highest BCUT2D eigenvalue weighted by Gasteiger charge is 2.27. The van der Waals surface area contributed by atoms with E-state index in [9.17, 15) is 4.21 Å². The summed E-state index contributed by atoms with van der Waals surface area (Å²) in [7, 11) is -0.858. The van der Waals surface area contributed by atoms with Crippen molar-refractivity contribution in [3.63, 3.8) is 0 Å². The van der Waals surface area contributed by atoms with Gasteiger partial charge in [-0.05, 0) is 63.3 Å². The maximum atomic E-state index is 12.9. The Labute approximate surface area is 125 Å². The Balaban J connectivity index is 2.06. The van der Waals surface area contributed by atoms with E-state index >= 15 is 0 Å². The Kier molecular flexibility index (Phi) is 5.79. The molecule has 1 aromatic carbocycles. The predicted octanol–water partition coefficient (Wildman–Crippen LogP) is 3.72. The minimum absolute atomic E-state index is 0.318. The molecule has 1 saturated carbocycles. The Morgan fingerprint density at radius 2 is 2.10 bits per heavy atom. The Bertz CT molecular complexity index is 472. The van der Waals surface area contributed by atoms with Crippen LogP contribution in [-0.4, -0.2) is 22.0 Å². The van der Waals surface area contributed by atoms with Crippen molar-refractivity contribution in [2.24, 2.45) is 0 Å². The number of nitrogens with one attached hydrogen (secondary N) is 1. The average molecular weight is 293 g/mol. The van der Waals surface area contributed by atoms with E-state index in [1.165, 1.54) is 24.8 Å². The molecule has 0 saturated heterocycles. The molecule has 0 spiro atoms. The number of hydrogen-bond donors (Lipinski definition) is 1. The summed E-state index contributed by atoms with van der Waals surface area (Å²) >= 11 is 0. The van der Waals surface area contributed by atoms with Crippen molar-refractivity contribution in [1.29, 1.82) is 0 Å². The number of benzene rings is 1. The van der Waals surface area contributed by atoms with Gasteiger partial charge in [0.05, 0.1) is 10.8 Å². The van der Waals surface area contributed by atoms with Crippen molar-refractivity contribution < 1.29 is 4.21 Å². The summed E-state index contributed by atoms with van der Waals surface area (Å²) in [6, 6.07) is 6.86. The molecule has 1 N–H and O–H groups in total. The highest BCUT2D eigenvalue weighted by molar-refractivity contribution is 7.85. The van der Waals surface area contributed by atoms with Gasteiger partial charge in [-0.15, -0.1) is 0 Å². The summed E-state index contributed by atoms with van der Waals surface area (Å²) in [5.41, 5.74) is 2.37. The Morgan fingerprint density at radius 1 is 1.30 bits per heavy atom. The fourth-order valence-corrected chi connectivity index (χ4v) is 4.81. The van der Waals surface area contributed by atoms with E-state index in [1.54, 1.807) is 0 Å². The molecule has 3 atom stereocenters. The standard InChI is InChI=1S/C17H27NOS/c1-4-10-18-15-6-5-7-16(12-15)20(19)17-11-13(2)8-9-14(17)3/h8-9,11,15-16,18H,4-7,10,12H2,1-3H3. The molecule has 3 heteroatoms. The summed E-state index contributed by atoms with van der Waals surface area (Å²) in [4.78, 5) is 1.05. The summed E-state index contributed by atoms with van der Waals surface area (Å²) in [6.45, 7) is 7.42. The first-order valence-electron chi connectivity index (χ1n) is 7.83. The van der Waals surface area contributed by atoms with E-state index in [1.807, 2.05) is 0 Å². The second-order valence-electron chi connectivity index (χ2n) is 6.01. The van der Waals surface area contributed by atoms with E-state index < -0.39 is 10.8 Å². The number of aryl methyl sites for hydroxylation is 2. The molecule has 0 bridgehead atoms. The van der Waals surface area contributed by atoms with Crippen LogP contribution in [0.3, 0.4) is 0 Å². The minimum Gasteiger partial charge on any atom is -0.314 e. The second-order valence-corrected chi connectivity index (χ2v) is 7.71. The van der Waals surface area contributed by atoms with Gasteiger partial charge in [-0.25, -0.2) is 0 Å². The SMILES string of the molecule is CCCNC1CCCC(S(=O)c2cc(C)ccc2C)C1. The topological polar surface area (TPSA) is 29.1 Å². The lowest BCUT2D eigenvalue weighted by atomic mass is 9.95. The zero-order chi connectivity index (χ0) is 14.5. The van der Waals surface area contributed by atoms with E-state index in [-0.39, 0.29) is 0 Å². The zero-order valence-corrected chi connectivity index (χ0v) is 13.8. The van der Waals surface area contributed by atoms with Crippen LogP contribution in [0.2, 0.25) is 0 Å². The monoisotopic (exact) mass is 293 g/mol. The highest BCUT2D eigenvalue weighted by Crippen LogP contribution is 2.28. The Hall–Kier alpha value is -0.670. The van der Waals surface area contributed by atoms with E-state index in [2.05, 4.69) is 44.3 Å². The van der Waals surface area contributed by atoms with Gasteiger partial charge in [0.15, 0.2) is 0 Å². The first kappa shape index (κ1) is 15.7. The average Bonchev–Trinajstić information content (AvgIpc) is 2.47. The lowest BCUT2D eigenvalue weighted by molar-refractivity contribution is 0.377. The van der Waals surface area contributed by atoms with Crippen LogP contribution in [-0.2, 0) is 10.8 Å². The lowest BCUT2D eigenvalue weighted by Gasteiger charge is -2.29. The smallest absolute Gasteiger partial charge is 0.0564 e. The molecule has 1 aromatic rings. The molecule has 1 aliphatic carbocycles. The predicted molar refractivity (Wildman–Crippen MR) is 86.7 cm³/mol. The van der Waals surface area contributed by atoms with E-state index in [0.29, 0.717) is 11.3 Å². The molecular weight excluding hydrogens is 266 g/mol. The van der Waals surface area contributed by atoms with Crippen molar-refractivity contribution in [2.75, 3.05) is 6.54 Å². The molecule has 1 aliphatic rings. The van der Waals surface area contributed by atoms with Crippen LogP contribution < -0.4 is 5.32 Å². The van der Waals surface area contributed by atoms with Gasteiger partial charge in [-0.1, -0.05) is 25.5 Å². The van der Waals surface area contributed by atoms with Gasteiger partial charge >= 0.3 is 0 Å². The van der Waals surface area contributed by atoms with Crippen molar-refractivity contribution in [3.05, 3.63) is 29.3 Å². The largest absolute Gasteiger partial charge is 0.314 e. The quantitative estimate of drug-likeness (QED) is 0.896. The van der Waals surface area contributed by atoms with E-state index in [4.69, 9.17) is 0 Å². The Morgan fingerprint density at radius 3 is 2.85 bits per heavy atom. The van der Waals surface area contributed by atoms with Gasteiger partial charge in [0, 0.05) is 16.2 Å². The maximum Gasteiger partial charge on any atom is 0.0564 e. The van der Waals surface area contributed by atoms with Gasteiger partial charge < -0.3 is 5.32 Å². The molecular formula is C17H27NOS. The molecule has 0 aromatic heterocycles. The summed E-state index contributed by atoms with van der Waals surface area (Å²) in [5.74, 6) is 0. The summed E-state index contributed by atoms with van der Waals surface area (Å²) < 4.78 is 12.9. The van der Waals surface area contributed by atoms with Crippen LogP contribution in [0.5, 0.6) is 0 Å². The summed E-state index contributed by atoms with van der Waals surface area (Å²) in [5, 5.41) is 3.92. The maximum absolute atomic E-state index is 12.9. The van der Waals surface area contributed by atoms with Crippen LogP contribution in [0.15, 0.2) is 23.1 Å². The van der Waals surface area contributed by atoms with Crippen molar-refractivity contribution in [3.8, 4) is 0 Å². The molecule has 2 nitrogen and oxygen atoms in total. The lowest BCUT2D eigenvalue weighted by Crippen LogP contribution is -2.38. The molecule has 0 aliphatic heterocycles. The number of hydrogen-bond acceptors (Lipinski definition) is 2. The van der Waals surface area contributed by atoms with Crippen LogP contribution in [0.4, 0.5) is 0 Å². The summed E-state index contributed by atoms with van der Waals surface area (Å²) in [6.07, 6.45) is 5.76. The van der Waals surface area contributed by atoms with E-state index in [0.717, 1.165) is 29.8 Å². The molecule has 3 unspecified atom stereocenters. The first-order chi connectivity index (χ1) is 9.61. The molecule has 112 valence electrons. The minimum atomic E-state index is -0.858. The van der Waals surface area contributed by atoms with Gasteiger partial charge in [0.1, 0.15) is 0 Å². The normalized spacial score (nSPS) is 24.6. The highest BCUT2D eigenvalue weighted by atomic mass is 32.2. The molecule has 2 rings (SSSR count). The van der Waals surface area contributed by atoms with Gasteiger partial charge in [0.2, 0.25) is 0 Å². The third-order valence-corrected chi connectivity index (χ3v) is 6.08. The fraction of sp³-hybridized carbons (Fsp3) is 0.647. The third-order valence-electron chi connectivity index (χ3n) is 4.17. The van der Waals surface area contributed by atoms with Crippen molar-refractivity contribution >= 4 is 10.8 Å². The third kappa shape index (κ3) is 3.92. The van der Waals surface area contributed by atoms with Crippen molar-refractivity contribution in [2.45, 2.75) is 69.1 Å². The van der Waals surface area contributed by atoms with Gasteiger partial charge in [0.25, 0.3) is 0 Å². The fourth-order valence-electron chi connectivity index (χ4n) is 2.98. The molecule has 0 heterocycles. The van der Waals surface area contributed by atoms with Crippen LogP contribution >= 0.6 is 0 Å². The first-order valence-corrected chi connectivity index (χ1v) is 9.04. The molecule has 0 amide bonds.